The number of hydrogen-bond donors (Lipinski definition) is 0. The average molecular weight is 293 g/mol. The van der Waals surface area contributed by atoms with Gasteiger partial charge in [0.1, 0.15) is 6.61 Å². The molecular weight excluding hydrogens is 277 g/mol. The van der Waals surface area contributed by atoms with E-state index < -0.39 is 12.8 Å². The first-order chi connectivity index (χ1) is 6.95. The highest BCUT2D eigenvalue weighted by Gasteiger charge is 2.27. The van der Waals surface area contributed by atoms with Crippen molar-refractivity contribution in [3.05, 3.63) is 0 Å². The van der Waals surface area contributed by atoms with Crippen molar-refractivity contribution in [1.29, 1.82) is 0 Å². The molecule has 0 spiro atoms. The van der Waals surface area contributed by atoms with Gasteiger partial charge in [-0.2, -0.15) is 13.2 Å². The highest BCUT2D eigenvalue weighted by Crippen LogP contribution is 2.15. The first-order valence-corrected chi connectivity index (χ1v) is 5.65. The van der Waals surface area contributed by atoms with E-state index in [0.717, 1.165) is 12.8 Å². The van der Waals surface area contributed by atoms with Crippen LogP contribution in [0.15, 0.2) is 0 Å². The monoisotopic (exact) mass is 292 g/mol. The smallest absolute Gasteiger partial charge is 0.384 e. The molecule has 0 aliphatic rings. The molecule has 0 radical (unpaired) electrons. The van der Waals surface area contributed by atoms with Crippen molar-refractivity contribution < 1.29 is 22.6 Å². The van der Waals surface area contributed by atoms with Crippen molar-refractivity contribution in [3.63, 3.8) is 0 Å². The predicted molar refractivity (Wildman–Crippen MR) is 55.3 cm³/mol. The van der Waals surface area contributed by atoms with Crippen LogP contribution in [0, 0.1) is 0 Å². The van der Waals surface area contributed by atoms with Gasteiger partial charge >= 0.3 is 6.18 Å². The summed E-state index contributed by atoms with van der Waals surface area (Å²) in [5.41, 5.74) is 0. The molecule has 0 aromatic heterocycles. The molecule has 2 nitrogen and oxygen atoms in total. The Labute approximate surface area is 96.3 Å². The van der Waals surface area contributed by atoms with Crippen LogP contribution in [0.2, 0.25) is 0 Å². The van der Waals surface area contributed by atoms with Gasteiger partial charge in [0.25, 0.3) is 0 Å². The van der Waals surface area contributed by atoms with Gasteiger partial charge in [0.2, 0.25) is 0 Å². The predicted octanol–water partition coefficient (Wildman–Crippen LogP) is 3.15. The highest BCUT2D eigenvalue weighted by molar-refractivity contribution is 9.09. The zero-order valence-corrected chi connectivity index (χ0v) is 10.2. The van der Waals surface area contributed by atoms with E-state index in [2.05, 4.69) is 20.7 Å². The first-order valence-electron chi connectivity index (χ1n) is 4.73. The Morgan fingerprint density at radius 3 is 2.47 bits per heavy atom. The van der Waals surface area contributed by atoms with Crippen LogP contribution >= 0.6 is 15.9 Å². The minimum atomic E-state index is -4.21. The molecule has 0 saturated heterocycles. The molecule has 0 fully saturated rings. The highest BCUT2D eigenvalue weighted by atomic mass is 79.9. The van der Waals surface area contributed by atoms with E-state index >= 15 is 0 Å². The lowest BCUT2D eigenvalue weighted by molar-refractivity contribution is -0.174. The molecule has 0 aromatic carbocycles. The van der Waals surface area contributed by atoms with Gasteiger partial charge in [-0.1, -0.05) is 15.9 Å². The van der Waals surface area contributed by atoms with Crippen molar-refractivity contribution in [1.82, 2.24) is 0 Å². The maximum absolute atomic E-state index is 11.6. The van der Waals surface area contributed by atoms with E-state index in [1.54, 1.807) is 7.11 Å². The summed E-state index contributed by atoms with van der Waals surface area (Å²) in [4.78, 5) is 0.269. The molecule has 0 rings (SSSR count). The summed E-state index contributed by atoms with van der Waals surface area (Å²) in [5, 5.41) is 0. The van der Waals surface area contributed by atoms with Crippen LogP contribution in [0.1, 0.15) is 19.3 Å². The first kappa shape index (κ1) is 15.2. The lowest BCUT2D eigenvalue weighted by Crippen LogP contribution is -2.17. The SMILES string of the molecule is COCC(Br)CCCCOCC(F)(F)F. The van der Waals surface area contributed by atoms with E-state index in [0.29, 0.717) is 13.0 Å². The second-order valence-corrected chi connectivity index (χ2v) is 4.51. The van der Waals surface area contributed by atoms with Gasteiger partial charge in [-0.05, 0) is 19.3 Å². The molecule has 1 unspecified atom stereocenters. The molecule has 92 valence electrons. The minimum Gasteiger partial charge on any atom is -0.384 e. The van der Waals surface area contributed by atoms with Crippen LogP contribution in [0.25, 0.3) is 0 Å². The molecular formula is C9H16BrF3O2. The number of rotatable bonds is 8. The van der Waals surface area contributed by atoms with E-state index in [-0.39, 0.29) is 11.4 Å². The van der Waals surface area contributed by atoms with Gasteiger partial charge in [0, 0.05) is 18.5 Å². The summed E-state index contributed by atoms with van der Waals surface area (Å²) in [6.07, 6.45) is -1.86. The number of alkyl halides is 4. The van der Waals surface area contributed by atoms with E-state index in [1.807, 2.05) is 0 Å². The number of halogens is 4. The van der Waals surface area contributed by atoms with Gasteiger partial charge < -0.3 is 9.47 Å². The van der Waals surface area contributed by atoms with Crippen molar-refractivity contribution >= 4 is 15.9 Å². The Morgan fingerprint density at radius 2 is 1.93 bits per heavy atom. The Kier molecular flexibility index (Phi) is 8.46. The van der Waals surface area contributed by atoms with Gasteiger partial charge in [-0.3, -0.25) is 0 Å². The average Bonchev–Trinajstić information content (AvgIpc) is 2.09. The largest absolute Gasteiger partial charge is 0.411 e. The van der Waals surface area contributed by atoms with E-state index in [1.165, 1.54) is 0 Å². The Balaban J connectivity index is 3.18. The van der Waals surface area contributed by atoms with Crippen molar-refractivity contribution in [2.75, 3.05) is 26.9 Å². The normalized spacial score (nSPS) is 14.2. The van der Waals surface area contributed by atoms with E-state index in [9.17, 15) is 13.2 Å². The summed E-state index contributed by atoms with van der Waals surface area (Å²) < 4.78 is 44.3. The van der Waals surface area contributed by atoms with Crippen LogP contribution < -0.4 is 0 Å². The van der Waals surface area contributed by atoms with Crippen LogP contribution in [0.3, 0.4) is 0 Å². The molecule has 0 heterocycles. The second-order valence-electron chi connectivity index (χ2n) is 3.22. The molecule has 0 aromatic rings. The van der Waals surface area contributed by atoms with Crippen LogP contribution in [-0.4, -0.2) is 37.9 Å². The zero-order valence-electron chi connectivity index (χ0n) is 8.65. The van der Waals surface area contributed by atoms with Crippen molar-refractivity contribution in [2.24, 2.45) is 0 Å². The van der Waals surface area contributed by atoms with E-state index in [4.69, 9.17) is 4.74 Å². The molecule has 0 N–H and O–H groups in total. The third kappa shape index (κ3) is 12.1. The maximum atomic E-state index is 11.6. The summed E-state index contributed by atoms with van der Waals surface area (Å²) in [5.74, 6) is 0. The van der Waals surface area contributed by atoms with Gasteiger partial charge in [0.15, 0.2) is 0 Å². The Bertz CT molecular complexity index is 153. The lowest BCUT2D eigenvalue weighted by Gasteiger charge is -2.09. The Hall–Kier alpha value is 0.190. The summed E-state index contributed by atoms with van der Waals surface area (Å²) in [6, 6.07) is 0. The van der Waals surface area contributed by atoms with Crippen LogP contribution in [0.4, 0.5) is 13.2 Å². The molecule has 6 heteroatoms. The second kappa shape index (κ2) is 8.35. The topological polar surface area (TPSA) is 18.5 Å². The lowest BCUT2D eigenvalue weighted by atomic mass is 10.2. The third-order valence-electron chi connectivity index (χ3n) is 1.67. The van der Waals surface area contributed by atoms with Gasteiger partial charge in [0.05, 0.1) is 6.61 Å². The number of methoxy groups -OCH3 is 1. The molecule has 0 saturated carbocycles. The molecule has 1 atom stereocenters. The number of hydrogen-bond acceptors (Lipinski definition) is 2. The summed E-state index contributed by atoms with van der Waals surface area (Å²) >= 11 is 3.39. The Morgan fingerprint density at radius 1 is 1.27 bits per heavy atom. The molecule has 0 bridgehead atoms. The van der Waals surface area contributed by atoms with Crippen LogP contribution in [0.5, 0.6) is 0 Å². The number of ether oxygens (including phenoxy) is 2. The number of unbranched alkanes of at least 4 members (excludes halogenated alkanes) is 1. The fourth-order valence-electron chi connectivity index (χ4n) is 1.02. The zero-order chi connectivity index (χ0) is 11.7. The maximum Gasteiger partial charge on any atom is 0.411 e. The standard InChI is InChI=1S/C9H16BrF3O2/c1-14-6-8(10)4-2-3-5-15-7-9(11,12)13/h8H,2-7H2,1H3. The molecule has 0 amide bonds. The van der Waals surface area contributed by atoms with Crippen molar-refractivity contribution in [3.8, 4) is 0 Å². The fraction of sp³-hybridized carbons (Fsp3) is 1.00. The molecule has 0 aliphatic heterocycles. The molecule has 15 heavy (non-hydrogen) atoms. The minimum absolute atomic E-state index is 0.159. The van der Waals surface area contributed by atoms with Crippen molar-refractivity contribution in [2.45, 2.75) is 30.3 Å². The third-order valence-corrected chi connectivity index (χ3v) is 2.39. The summed E-state index contributed by atoms with van der Waals surface area (Å²) in [7, 11) is 1.61. The van der Waals surface area contributed by atoms with Gasteiger partial charge in [-0.25, -0.2) is 0 Å². The quantitative estimate of drug-likeness (QED) is 0.505. The molecule has 0 aliphatic carbocycles. The van der Waals surface area contributed by atoms with Gasteiger partial charge in [-0.15, -0.1) is 0 Å². The van der Waals surface area contributed by atoms with Crippen LogP contribution in [-0.2, 0) is 9.47 Å². The fourth-order valence-corrected chi connectivity index (χ4v) is 1.61. The summed E-state index contributed by atoms with van der Waals surface area (Å²) in [6.45, 7) is -0.377.